The van der Waals surface area contributed by atoms with Gasteiger partial charge in [-0.25, -0.2) is 0 Å². The number of thioether (sulfide) groups is 1. The maximum atomic E-state index is 11.4. The summed E-state index contributed by atoms with van der Waals surface area (Å²) in [4.78, 5) is 23.5. The van der Waals surface area contributed by atoms with Gasteiger partial charge < -0.3 is 15.6 Å². The third-order valence-corrected chi connectivity index (χ3v) is 3.80. The van der Waals surface area contributed by atoms with E-state index in [1.807, 2.05) is 0 Å². The highest BCUT2D eigenvalue weighted by Crippen LogP contribution is 2.39. The topological polar surface area (TPSA) is 86.5 Å². The van der Waals surface area contributed by atoms with Crippen molar-refractivity contribution in [3.8, 4) is 0 Å². The van der Waals surface area contributed by atoms with Crippen molar-refractivity contribution in [2.45, 2.75) is 18.8 Å². The second-order valence-electron chi connectivity index (χ2n) is 3.30. The second-order valence-corrected chi connectivity index (χ2v) is 4.41. The van der Waals surface area contributed by atoms with Crippen LogP contribution in [0.15, 0.2) is 23.9 Å². The van der Waals surface area contributed by atoms with E-state index in [0.29, 0.717) is 11.3 Å². The smallest absolute Gasteiger partial charge is 0.248 e. The number of nitrogens with zero attached hydrogens (tertiary/aromatic N) is 1. The molecule has 1 saturated heterocycles. The third kappa shape index (κ3) is 1.54. The Labute approximate surface area is 98.0 Å². The van der Waals surface area contributed by atoms with E-state index in [0.717, 1.165) is 0 Å². The summed E-state index contributed by atoms with van der Waals surface area (Å²) in [5, 5.41) is 10.6. The van der Waals surface area contributed by atoms with E-state index in [9.17, 15) is 14.7 Å². The van der Waals surface area contributed by atoms with Crippen LogP contribution in [-0.4, -0.2) is 33.9 Å². The number of carboxylic acids is 1. The number of carboxylic acid groups (broad SMARTS) is 1. The first-order valence-corrected chi connectivity index (χ1v) is 5.40. The molecule has 5 nitrogen and oxygen atoms in total. The van der Waals surface area contributed by atoms with Gasteiger partial charge in [-0.05, 0) is 5.57 Å². The minimum Gasteiger partial charge on any atom is -0.543 e. The minimum atomic E-state index is -1.35. The maximum Gasteiger partial charge on any atom is 0.248 e. The Hall–Kier alpha value is -1.27. The molecule has 2 aliphatic heterocycles. The van der Waals surface area contributed by atoms with Crippen LogP contribution < -0.4 is 10.8 Å². The minimum absolute atomic E-state index is 0. The Morgan fingerprint density at radius 1 is 1.69 bits per heavy atom. The monoisotopic (exact) mass is 241 g/mol. The van der Waals surface area contributed by atoms with Crippen molar-refractivity contribution >= 4 is 23.6 Å². The van der Waals surface area contributed by atoms with Crippen molar-refractivity contribution < 1.29 is 14.7 Å². The van der Waals surface area contributed by atoms with Gasteiger partial charge >= 0.3 is 0 Å². The van der Waals surface area contributed by atoms with Gasteiger partial charge in [0.1, 0.15) is 11.4 Å². The molecule has 1 amide bonds. The first-order chi connectivity index (χ1) is 7.07. The maximum absolute atomic E-state index is 11.4. The summed E-state index contributed by atoms with van der Waals surface area (Å²) in [6.45, 7) is 3.51. The van der Waals surface area contributed by atoms with Gasteiger partial charge in [-0.15, -0.1) is 11.8 Å². The van der Waals surface area contributed by atoms with Gasteiger partial charge in [0, 0.05) is 5.75 Å². The fourth-order valence-corrected chi connectivity index (χ4v) is 2.97. The molecule has 0 saturated carbocycles. The fourth-order valence-electron chi connectivity index (χ4n) is 1.69. The van der Waals surface area contributed by atoms with Crippen molar-refractivity contribution in [1.29, 1.82) is 0 Å². The molecule has 0 spiro atoms. The molecule has 2 aliphatic rings. The van der Waals surface area contributed by atoms with E-state index in [-0.39, 0.29) is 24.4 Å². The molecule has 2 atom stereocenters. The van der Waals surface area contributed by atoms with Gasteiger partial charge in [-0.1, -0.05) is 20.1 Å². The first-order valence-electron chi connectivity index (χ1n) is 4.35. The summed E-state index contributed by atoms with van der Waals surface area (Å²) in [5.41, 5.74) is 5.98. The third-order valence-electron chi connectivity index (χ3n) is 2.48. The van der Waals surface area contributed by atoms with Crippen LogP contribution in [0, 0.1) is 0 Å². The highest BCUT2D eigenvalue weighted by Gasteiger charge is 2.49. The van der Waals surface area contributed by atoms with Crippen LogP contribution in [0.3, 0.4) is 0 Å². The Balaban J connectivity index is 0.00000128. The lowest BCUT2D eigenvalue weighted by Gasteiger charge is -2.49. The van der Waals surface area contributed by atoms with E-state index in [1.54, 1.807) is 0 Å². The van der Waals surface area contributed by atoms with Gasteiger partial charge in [-0.3, -0.25) is 9.69 Å². The Morgan fingerprint density at radius 2 is 2.31 bits per heavy atom. The molecule has 88 valence electrons. The molecule has 2 rings (SSSR count). The van der Waals surface area contributed by atoms with Crippen molar-refractivity contribution in [3.63, 3.8) is 0 Å². The number of hydrogen-bond donors (Lipinski definition) is 1. The van der Waals surface area contributed by atoms with Gasteiger partial charge in [0.2, 0.25) is 5.91 Å². The van der Waals surface area contributed by atoms with E-state index >= 15 is 0 Å². The van der Waals surface area contributed by atoms with E-state index < -0.39 is 12.0 Å². The number of rotatable bonds is 2. The molecule has 0 aromatic carbocycles. The summed E-state index contributed by atoms with van der Waals surface area (Å²) in [7, 11) is 0. The molecule has 0 aromatic rings. The van der Waals surface area contributed by atoms with Crippen LogP contribution in [0.5, 0.6) is 0 Å². The van der Waals surface area contributed by atoms with Crippen molar-refractivity contribution in [1.82, 2.24) is 4.90 Å². The number of carbonyl (C=O) groups is 2. The molecule has 2 heterocycles. The van der Waals surface area contributed by atoms with E-state index in [4.69, 9.17) is 5.73 Å². The molecule has 2 unspecified atom stereocenters. The number of allylic oxidation sites excluding steroid dienone is 1. The highest BCUT2D eigenvalue weighted by molar-refractivity contribution is 8.00. The van der Waals surface area contributed by atoms with Crippen LogP contribution in [0.4, 0.5) is 0 Å². The molecule has 6 heteroatoms. The van der Waals surface area contributed by atoms with Crippen molar-refractivity contribution in [2.75, 3.05) is 5.75 Å². The number of aliphatic carboxylic acids is 1. The van der Waals surface area contributed by atoms with E-state index in [1.165, 1.54) is 22.7 Å². The molecule has 2 N–H and O–H groups in total. The van der Waals surface area contributed by atoms with Crippen LogP contribution in [0.1, 0.15) is 7.43 Å². The normalized spacial score (nSPS) is 27.8. The zero-order valence-electron chi connectivity index (χ0n) is 7.80. The number of carbonyl (C=O) groups excluding carboxylic acids is 2. The van der Waals surface area contributed by atoms with Crippen LogP contribution >= 0.6 is 11.8 Å². The molecular formula is C10H13N2O3S-. The predicted molar refractivity (Wildman–Crippen MR) is 60.0 cm³/mol. The molecule has 0 radical (unpaired) electrons. The molecule has 0 aliphatic carbocycles. The second kappa shape index (κ2) is 4.31. The highest BCUT2D eigenvalue weighted by atomic mass is 32.2. The van der Waals surface area contributed by atoms with Gasteiger partial charge in [-0.2, -0.15) is 0 Å². The predicted octanol–water partition coefficient (Wildman–Crippen LogP) is -0.945. The fraction of sp³-hybridized carbons (Fsp3) is 0.400. The van der Waals surface area contributed by atoms with Crippen molar-refractivity contribution in [3.05, 3.63) is 23.9 Å². The van der Waals surface area contributed by atoms with Gasteiger partial charge in [0.25, 0.3) is 0 Å². The lowest BCUT2D eigenvalue weighted by atomic mass is 10.0. The summed E-state index contributed by atoms with van der Waals surface area (Å²) < 4.78 is 0. The van der Waals surface area contributed by atoms with Gasteiger partial charge in [0.15, 0.2) is 0 Å². The Kier molecular flexibility index (Phi) is 3.44. The molecule has 16 heavy (non-hydrogen) atoms. The zero-order valence-corrected chi connectivity index (χ0v) is 8.62. The van der Waals surface area contributed by atoms with Crippen LogP contribution in [0.25, 0.3) is 0 Å². The summed E-state index contributed by atoms with van der Waals surface area (Å²) in [5.74, 6) is -1.23. The molecule has 1 fully saturated rings. The molecule has 0 bridgehead atoms. The molecule has 0 aromatic heterocycles. The van der Waals surface area contributed by atoms with Gasteiger partial charge in [0.05, 0.1) is 11.7 Å². The number of hydrogen-bond acceptors (Lipinski definition) is 5. The number of nitrogens with two attached hydrogens (primary N) is 1. The van der Waals surface area contributed by atoms with Crippen molar-refractivity contribution in [2.24, 2.45) is 5.73 Å². The standard InChI is InChI=1S/C9H10N2O3S.CH4/c1-2-4-3-15-8-5(10)7(12)11(8)6(4)9(13)14;/h2,5,8H,1,3,10H2,(H,13,14);1H4/p-1. The Morgan fingerprint density at radius 3 is 2.81 bits per heavy atom. The largest absolute Gasteiger partial charge is 0.543 e. The Bertz CT molecular complexity index is 392. The zero-order chi connectivity index (χ0) is 11.2. The first kappa shape index (κ1) is 12.8. The quantitative estimate of drug-likeness (QED) is 0.630. The van der Waals surface area contributed by atoms with E-state index in [2.05, 4.69) is 6.58 Å². The summed E-state index contributed by atoms with van der Waals surface area (Å²) >= 11 is 1.44. The lowest BCUT2D eigenvalue weighted by molar-refractivity contribution is -0.301. The summed E-state index contributed by atoms with van der Waals surface area (Å²) in [6, 6.07) is -0.601. The SMILES string of the molecule is C.C=CC1=C(C(=O)[O-])N2C(=O)C(N)C2SC1. The lowest BCUT2D eigenvalue weighted by Crippen LogP contribution is -2.69. The number of amides is 1. The number of β-lactam (4-membered cyclic amide) rings is 1. The average molecular weight is 241 g/mol. The van der Waals surface area contributed by atoms with Crippen LogP contribution in [-0.2, 0) is 9.59 Å². The summed E-state index contributed by atoms with van der Waals surface area (Å²) in [6.07, 6.45) is 1.44. The number of fused-ring (bicyclic) bond motifs is 1. The van der Waals surface area contributed by atoms with Crippen LogP contribution in [0.2, 0.25) is 0 Å². The molecular weight excluding hydrogens is 228 g/mol. The average Bonchev–Trinajstić information content (AvgIpc) is 2.25.